The predicted octanol–water partition coefficient (Wildman–Crippen LogP) is 20.2. The number of hydrogen-bond donors (Lipinski definition) is 0. The Hall–Kier alpha value is -3.66. The summed E-state index contributed by atoms with van der Waals surface area (Å²) in [6.07, 6.45) is 0. The number of furan rings is 2. The Bertz CT molecular complexity index is 2830. The standard InChI is InChI=1S/2C30H35O.C2H6Si.2ClH.Zr/c2*1-18-10-11-21-13-22(27-12-19(2)20(3)31-27)16-26(21)28(18)23-14-24(29(4,5)6)17-25(15-23)30(7,8)9;1-3-2;;;/h2*10-17H,1-9H3;1-2H3;2*1H;/q2*-1;;;;+2/p-2. The van der Waals surface area contributed by atoms with E-state index in [1.807, 2.05) is 13.8 Å². The molecule has 0 radical (unpaired) electrons. The quantitative estimate of drug-likeness (QED) is 0.130. The van der Waals surface area contributed by atoms with Crippen molar-refractivity contribution < 1.29 is 26.8 Å². The molecule has 0 aliphatic heterocycles. The van der Waals surface area contributed by atoms with Crippen LogP contribution in [-0.4, -0.2) is 5.43 Å². The third kappa shape index (κ3) is 12.3. The van der Waals surface area contributed by atoms with Crippen LogP contribution in [0.5, 0.6) is 0 Å². The van der Waals surface area contributed by atoms with Gasteiger partial charge in [-0.25, -0.2) is 0 Å². The van der Waals surface area contributed by atoms with Crippen molar-refractivity contribution in [1.29, 1.82) is 0 Å². The fraction of sp³-hybridized carbons (Fsp3) is 0.387. The van der Waals surface area contributed by atoms with E-state index in [9.17, 15) is 0 Å². The summed E-state index contributed by atoms with van der Waals surface area (Å²) < 4.78 is 12.1. The fourth-order valence-electron chi connectivity index (χ4n) is 8.54. The molecule has 0 bridgehead atoms. The Kier molecular flexibility index (Phi) is 16.0. The van der Waals surface area contributed by atoms with Crippen LogP contribution >= 0.6 is 17.0 Å². The summed E-state index contributed by atoms with van der Waals surface area (Å²) >= 11 is -1.65. The monoisotopic (exact) mass is 1040 g/mol. The van der Waals surface area contributed by atoms with E-state index in [4.69, 9.17) is 25.9 Å². The van der Waals surface area contributed by atoms with Gasteiger partial charge in [-0.15, -0.1) is 57.9 Å². The number of benzene rings is 4. The molecule has 2 heterocycles. The van der Waals surface area contributed by atoms with E-state index in [1.165, 1.54) is 88.3 Å². The number of aryl methyl sites for hydroxylation is 6. The Balaban J connectivity index is 0.000000200. The summed E-state index contributed by atoms with van der Waals surface area (Å²) in [6, 6.07) is 36.7. The van der Waals surface area contributed by atoms with Crippen LogP contribution in [0.25, 0.3) is 66.4 Å². The summed E-state index contributed by atoms with van der Waals surface area (Å²) in [7, 11) is 11.2. The summed E-state index contributed by atoms with van der Waals surface area (Å²) in [6.45, 7) is 44.6. The maximum Gasteiger partial charge on any atom is 0.0925 e. The Labute approximate surface area is 424 Å². The predicted molar refractivity (Wildman–Crippen MR) is 298 cm³/mol. The van der Waals surface area contributed by atoms with E-state index in [-0.39, 0.29) is 27.1 Å². The minimum Gasteiger partial charge on any atom is -0.496 e. The van der Waals surface area contributed by atoms with Gasteiger partial charge in [0.1, 0.15) is 0 Å². The van der Waals surface area contributed by atoms with Crippen LogP contribution in [0.3, 0.4) is 0 Å². The van der Waals surface area contributed by atoms with Crippen LogP contribution < -0.4 is 0 Å². The molecule has 6 aromatic carbocycles. The molecule has 0 spiro atoms. The van der Waals surface area contributed by atoms with Crippen molar-refractivity contribution in [3.63, 3.8) is 0 Å². The number of fused-ring (bicyclic) bond motifs is 2. The minimum atomic E-state index is -1.65. The minimum absolute atomic E-state index is 0.0955. The third-order valence-electron chi connectivity index (χ3n) is 13.4. The fourth-order valence-corrected chi connectivity index (χ4v) is 8.54. The average molecular weight is 1040 g/mol. The normalized spacial score (nSPS) is 12.3. The van der Waals surface area contributed by atoms with Gasteiger partial charge in [0, 0.05) is 0 Å². The van der Waals surface area contributed by atoms with Crippen LogP contribution in [0.1, 0.15) is 139 Å². The van der Waals surface area contributed by atoms with Gasteiger partial charge in [0.05, 0.1) is 23.0 Å². The maximum absolute atomic E-state index is 6.03. The first-order chi connectivity index (χ1) is 31.3. The molecular weight excluding hydrogens is 967 g/mol. The molecule has 0 amide bonds. The number of hydrogen-bond acceptors (Lipinski definition) is 2. The van der Waals surface area contributed by atoms with Gasteiger partial charge in [-0.1, -0.05) is 154 Å². The molecule has 0 unspecified atom stereocenters. The van der Waals surface area contributed by atoms with E-state index in [0.29, 0.717) is 0 Å². The van der Waals surface area contributed by atoms with E-state index in [0.717, 1.165) is 34.2 Å². The van der Waals surface area contributed by atoms with Crippen molar-refractivity contribution in [3.05, 3.63) is 153 Å². The summed E-state index contributed by atoms with van der Waals surface area (Å²) in [5, 5.41) is 5.13. The molecule has 8 aromatic rings. The van der Waals surface area contributed by atoms with Crippen molar-refractivity contribution in [2.75, 3.05) is 0 Å². The second-order valence-electron chi connectivity index (χ2n) is 23.6. The number of halogens is 2. The average Bonchev–Trinajstić information content (AvgIpc) is 4.02. The number of rotatable bonds is 4. The second kappa shape index (κ2) is 20.2. The van der Waals surface area contributed by atoms with Gasteiger partial charge in [0.2, 0.25) is 0 Å². The van der Waals surface area contributed by atoms with Crippen LogP contribution in [0.4, 0.5) is 0 Å². The molecule has 0 aliphatic carbocycles. The first-order valence-corrected chi connectivity index (χ1v) is 36.7. The molecule has 6 heteroatoms. The van der Waals surface area contributed by atoms with Crippen LogP contribution in [0.2, 0.25) is 13.1 Å². The first kappa shape index (κ1) is 53.7. The molecule has 0 saturated carbocycles. The van der Waals surface area contributed by atoms with Crippen molar-refractivity contribution in [2.45, 2.75) is 159 Å². The van der Waals surface area contributed by atoms with Crippen molar-refractivity contribution in [1.82, 2.24) is 0 Å². The molecular formula is C62H76Cl2O2SiZr-2. The van der Waals surface area contributed by atoms with Gasteiger partial charge >= 0.3 is 53.5 Å². The van der Waals surface area contributed by atoms with Crippen molar-refractivity contribution >= 4 is 44.0 Å². The molecule has 0 fully saturated rings. The van der Waals surface area contributed by atoms with E-state index >= 15 is 0 Å². The van der Waals surface area contributed by atoms with Crippen molar-refractivity contribution in [2.24, 2.45) is 0 Å². The largest absolute Gasteiger partial charge is 0.496 e. The molecule has 68 heavy (non-hydrogen) atoms. The van der Waals surface area contributed by atoms with Crippen LogP contribution in [-0.2, 0) is 39.6 Å². The van der Waals surface area contributed by atoms with Gasteiger partial charge < -0.3 is 8.83 Å². The van der Waals surface area contributed by atoms with Crippen molar-refractivity contribution in [3.8, 4) is 44.9 Å². The molecule has 2 aromatic heterocycles. The summed E-state index contributed by atoms with van der Waals surface area (Å²) in [5.74, 6) is 3.89. The van der Waals surface area contributed by atoms with Gasteiger partial charge in [0.15, 0.2) is 0 Å². The Morgan fingerprint density at radius 1 is 0.426 bits per heavy atom. The van der Waals surface area contributed by atoms with Gasteiger partial charge in [-0.2, -0.15) is 0 Å². The molecule has 2 nitrogen and oxygen atoms in total. The SMILES string of the molecule is C[Si](C)=[Zr]([Cl])[Cl].Cc1cc(-c2cc3c(-c4cc(C(C)(C)C)cc(C(C)(C)C)c4)c(C)ccc3[cH-]2)oc1C.Cc1cc(-c2cc3c(-c4cc(C(C)(C)C)cc(C(C)(C)C)c4)c(C)ccc3[cH-]2)oc1C. The molecule has 8 rings (SSSR count). The smallest absolute Gasteiger partial charge is 0.0925 e. The Morgan fingerprint density at radius 2 is 0.721 bits per heavy atom. The topological polar surface area (TPSA) is 26.3 Å². The third-order valence-corrected chi connectivity index (χ3v) is 33.1. The Morgan fingerprint density at radius 3 is 0.956 bits per heavy atom. The summed E-state index contributed by atoms with van der Waals surface area (Å²) in [5.41, 5.74) is 18.3. The molecule has 0 atom stereocenters. The van der Waals surface area contributed by atoms with E-state index in [1.54, 1.807) is 0 Å². The van der Waals surface area contributed by atoms with Gasteiger partial charge in [0.25, 0.3) is 0 Å². The zero-order chi connectivity index (χ0) is 50.6. The molecule has 0 saturated heterocycles. The summed E-state index contributed by atoms with van der Waals surface area (Å²) in [4.78, 5) is 0. The van der Waals surface area contributed by atoms with Gasteiger partial charge in [-0.05, 0) is 131 Å². The zero-order valence-electron chi connectivity index (χ0n) is 44.8. The van der Waals surface area contributed by atoms with E-state index < -0.39 is 18.0 Å². The van der Waals surface area contributed by atoms with Crippen LogP contribution in [0, 0.1) is 41.5 Å². The molecule has 0 aliphatic rings. The molecule has 360 valence electrons. The maximum atomic E-state index is 6.03. The second-order valence-corrected chi connectivity index (χ2v) is 46.5. The van der Waals surface area contributed by atoms with Gasteiger partial charge in [-0.3, -0.25) is 0 Å². The zero-order valence-corrected chi connectivity index (χ0v) is 49.8. The van der Waals surface area contributed by atoms with E-state index in [2.05, 4.69) is 221 Å². The first-order valence-electron chi connectivity index (χ1n) is 24.2. The van der Waals surface area contributed by atoms with Crippen LogP contribution in [0.15, 0.2) is 106 Å². The molecule has 0 N–H and O–H groups in total.